The molecule has 0 radical (unpaired) electrons. The van der Waals surface area contributed by atoms with Crippen LogP contribution < -0.4 is 5.73 Å². The van der Waals surface area contributed by atoms with Crippen LogP contribution in [-0.4, -0.2) is 12.3 Å². The van der Waals surface area contributed by atoms with Crippen molar-refractivity contribution in [3.05, 3.63) is 28.0 Å². The van der Waals surface area contributed by atoms with Gasteiger partial charge < -0.3 is 5.73 Å². The van der Waals surface area contributed by atoms with Gasteiger partial charge in [0.2, 0.25) is 0 Å². The van der Waals surface area contributed by atoms with Crippen LogP contribution in [0, 0.1) is 12.7 Å². The second-order valence-electron chi connectivity index (χ2n) is 3.68. The highest BCUT2D eigenvalue weighted by Crippen LogP contribution is 2.26. The minimum absolute atomic E-state index is 0.294. The Morgan fingerprint density at radius 1 is 1.50 bits per heavy atom. The van der Waals surface area contributed by atoms with Gasteiger partial charge in [-0.1, -0.05) is 13.3 Å². The van der Waals surface area contributed by atoms with Crippen molar-refractivity contribution in [2.45, 2.75) is 26.7 Å². The van der Waals surface area contributed by atoms with E-state index < -0.39 is 0 Å². The monoisotopic (exact) mass is 286 g/mol. The van der Waals surface area contributed by atoms with Crippen molar-refractivity contribution < 1.29 is 4.39 Å². The summed E-state index contributed by atoms with van der Waals surface area (Å²) in [7, 11) is 0. The number of aliphatic imine (C=N–C) groups is 1. The second kappa shape index (κ2) is 6.11. The molecule has 1 aromatic carbocycles. The molecule has 0 aliphatic rings. The van der Waals surface area contributed by atoms with Crippen LogP contribution >= 0.6 is 15.9 Å². The average molecular weight is 287 g/mol. The summed E-state index contributed by atoms with van der Waals surface area (Å²) in [6.07, 6.45) is 1.85. The lowest BCUT2D eigenvalue weighted by atomic mass is 10.2. The number of aryl methyl sites for hydroxylation is 1. The van der Waals surface area contributed by atoms with Gasteiger partial charge in [0.15, 0.2) is 0 Å². The highest BCUT2D eigenvalue weighted by Gasteiger charge is 2.05. The van der Waals surface area contributed by atoms with E-state index in [2.05, 4.69) is 27.8 Å². The zero-order valence-electron chi connectivity index (χ0n) is 9.56. The van der Waals surface area contributed by atoms with E-state index in [-0.39, 0.29) is 5.82 Å². The van der Waals surface area contributed by atoms with Gasteiger partial charge >= 0.3 is 0 Å². The van der Waals surface area contributed by atoms with Crippen molar-refractivity contribution >= 4 is 27.3 Å². The van der Waals surface area contributed by atoms with E-state index in [4.69, 9.17) is 5.73 Å². The van der Waals surface area contributed by atoms with E-state index in [0.717, 1.165) is 24.1 Å². The fraction of sp³-hybridized carbons (Fsp3) is 0.417. The van der Waals surface area contributed by atoms with Crippen LogP contribution in [0.15, 0.2) is 21.6 Å². The number of nitrogens with zero attached hydrogens (tertiary/aromatic N) is 1. The molecule has 4 heteroatoms. The minimum atomic E-state index is -0.294. The van der Waals surface area contributed by atoms with Gasteiger partial charge in [-0.3, -0.25) is 4.99 Å². The summed E-state index contributed by atoms with van der Waals surface area (Å²) >= 11 is 3.15. The maximum absolute atomic E-state index is 13.4. The molecule has 1 rings (SSSR count). The summed E-state index contributed by atoms with van der Waals surface area (Å²) in [5.41, 5.74) is 8.10. The molecule has 0 aliphatic heterocycles. The first-order valence-electron chi connectivity index (χ1n) is 5.30. The SMILES string of the molecule is CCC/C(CN)=N\c1cc(F)c(Br)cc1C. The molecule has 0 bridgehead atoms. The van der Waals surface area contributed by atoms with Crippen LogP contribution in [0.2, 0.25) is 0 Å². The van der Waals surface area contributed by atoms with Gasteiger partial charge in [0, 0.05) is 18.3 Å². The molecular weight excluding hydrogens is 271 g/mol. The Morgan fingerprint density at radius 2 is 2.19 bits per heavy atom. The first kappa shape index (κ1) is 13.3. The third kappa shape index (κ3) is 3.39. The smallest absolute Gasteiger partial charge is 0.139 e. The van der Waals surface area contributed by atoms with E-state index in [1.54, 1.807) is 6.07 Å². The highest BCUT2D eigenvalue weighted by atomic mass is 79.9. The van der Waals surface area contributed by atoms with Gasteiger partial charge in [0.05, 0.1) is 10.2 Å². The molecule has 88 valence electrons. The van der Waals surface area contributed by atoms with Crippen molar-refractivity contribution in [1.82, 2.24) is 0 Å². The Kier molecular flexibility index (Phi) is 5.09. The molecule has 2 N–H and O–H groups in total. The Morgan fingerprint density at radius 3 is 2.75 bits per heavy atom. The lowest BCUT2D eigenvalue weighted by Crippen LogP contribution is -2.13. The molecule has 0 saturated heterocycles. The molecule has 0 aromatic heterocycles. The maximum Gasteiger partial charge on any atom is 0.139 e. The van der Waals surface area contributed by atoms with Gasteiger partial charge in [0.1, 0.15) is 5.82 Å². The van der Waals surface area contributed by atoms with Gasteiger partial charge in [0.25, 0.3) is 0 Å². The topological polar surface area (TPSA) is 38.4 Å². The molecule has 0 spiro atoms. The first-order chi connectivity index (χ1) is 7.58. The minimum Gasteiger partial charge on any atom is -0.325 e. The first-order valence-corrected chi connectivity index (χ1v) is 6.10. The summed E-state index contributed by atoms with van der Waals surface area (Å²) < 4.78 is 13.8. The van der Waals surface area contributed by atoms with Gasteiger partial charge in [-0.15, -0.1) is 0 Å². The summed E-state index contributed by atoms with van der Waals surface area (Å²) in [6, 6.07) is 3.17. The Bertz CT molecular complexity index is 402. The molecule has 0 saturated carbocycles. The van der Waals surface area contributed by atoms with Crippen LogP contribution in [0.3, 0.4) is 0 Å². The fourth-order valence-electron chi connectivity index (χ4n) is 1.42. The Labute approximate surface area is 104 Å². The third-order valence-electron chi connectivity index (χ3n) is 2.29. The number of hydrogen-bond donors (Lipinski definition) is 1. The zero-order chi connectivity index (χ0) is 12.1. The summed E-state index contributed by atoms with van der Waals surface area (Å²) in [4.78, 5) is 4.40. The Balaban J connectivity index is 3.08. The van der Waals surface area contributed by atoms with E-state index in [1.807, 2.05) is 6.92 Å². The predicted molar refractivity (Wildman–Crippen MR) is 69.9 cm³/mol. The third-order valence-corrected chi connectivity index (χ3v) is 2.90. The second-order valence-corrected chi connectivity index (χ2v) is 4.54. The normalized spacial score (nSPS) is 11.9. The van der Waals surface area contributed by atoms with Crippen molar-refractivity contribution in [3.63, 3.8) is 0 Å². The zero-order valence-corrected chi connectivity index (χ0v) is 11.1. The maximum atomic E-state index is 13.4. The van der Waals surface area contributed by atoms with Crippen LogP contribution in [0.1, 0.15) is 25.3 Å². The number of halogens is 2. The van der Waals surface area contributed by atoms with Gasteiger partial charge in [-0.2, -0.15) is 0 Å². The molecule has 16 heavy (non-hydrogen) atoms. The van der Waals surface area contributed by atoms with Crippen molar-refractivity contribution in [2.75, 3.05) is 6.54 Å². The molecule has 0 heterocycles. The molecule has 0 atom stereocenters. The lowest BCUT2D eigenvalue weighted by molar-refractivity contribution is 0.621. The summed E-state index contributed by atoms with van der Waals surface area (Å²) in [5, 5.41) is 0. The number of hydrogen-bond acceptors (Lipinski definition) is 2. The quantitative estimate of drug-likeness (QED) is 0.842. The van der Waals surface area contributed by atoms with Crippen LogP contribution in [0.4, 0.5) is 10.1 Å². The van der Waals surface area contributed by atoms with Crippen LogP contribution in [0.5, 0.6) is 0 Å². The molecule has 0 aliphatic carbocycles. The lowest BCUT2D eigenvalue weighted by Gasteiger charge is -2.06. The van der Waals surface area contributed by atoms with E-state index in [0.29, 0.717) is 16.7 Å². The standard InChI is InChI=1S/C12H16BrFN2/c1-3-4-9(7-15)16-12-6-11(14)10(13)5-8(12)2/h5-6H,3-4,7,15H2,1-2H3/b16-9+. The highest BCUT2D eigenvalue weighted by molar-refractivity contribution is 9.10. The molecular formula is C12H16BrFN2. The number of nitrogens with two attached hydrogens (primary N) is 1. The van der Waals surface area contributed by atoms with E-state index >= 15 is 0 Å². The average Bonchev–Trinajstić information content (AvgIpc) is 2.25. The molecule has 1 aromatic rings. The van der Waals surface area contributed by atoms with Crippen molar-refractivity contribution in [1.29, 1.82) is 0 Å². The van der Waals surface area contributed by atoms with Crippen molar-refractivity contribution in [2.24, 2.45) is 10.7 Å². The van der Waals surface area contributed by atoms with Gasteiger partial charge in [-0.05, 0) is 40.9 Å². The fourth-order valence-corrected chi connectivity index (χ4v) is 1.88. The molecule has 0 amide bonds. The summed E-state index contributed by atoms with van der Waals surface area (Å²) in [6.45, 7) is 4.40. The predicted octanol–water partition coefficient (Wildman–Crippen LogP) is 3.73. The Hall–Kier alpha value is -0.740. The molecule has 2 nitrogen and oxygen atoms in total. The van der Waals surface area contributed by atoms with Gasteiger partial charge in [-0.25, -0.2) is 4.39 Å². The van der Waals surface area contributed by atoms with Crippen LogP contribution in [0.25, 0.3) is 0 Å². The van der Waals surface area contributed by atoms with E-state index in [1.165, 1.54) is 6.07 Å². The molecule has 0 unspecified atom stereocenters. The van der Waals surface area contributed by atoms with Crippen LogP contribution in [-0.2, 0) is 0 Å². The van der Waals surface area contributed by atoms with Crippen molar-refractivity contribution in [3.8, 4) is 0 Å². The van der Waals surface area contributed by atoms with E-state index in [9.17, 15) is 4.39 Å². The summed E-state index contributed by atoms with van der Waals surface area (Å²) in [5.74, 6) is -0.294. The molecule has 0 fully saturated rings. The number of rotatable bonds is 4. The largest absolute Gasteiger partial charge is 0.325 e. The number of benzene rings is 1.